The van der Waals surface area contributed by atoms with Crippen LogP contribution in [0.4, 0.5) is 0 Å². The molecule has 4 aromatic rings. The van der Waals surface area contributed by atoms with Gasteiger partial charge < -0.3 is 0 Å². The average Bonchev–Trinajstić information content (AvgIpc) is 3.39. The Kier molecular flexibility index (Phi) is 2.54. The summed E-state index contributed by atoms with van der Waals surface area (Å²) in [4.78, 5) is 12.5. The zero-order valence-electron chi connectivity index (χ0n) is 14.7. The molecule has 0 radical (unpaired) electrons. The Morgan fingerprint density at radius 2 is 2.04 bits per heavy atom. The molecular formula is C18H18N8S. The highest BCUT2D eigenvalue weighted by molar-refractivity contribution is 7.16. The molecule has 8 nitrogen and oxygen atoms in total. The van der Waals surface area contributed by atoms with Crippen molar-refractivity contribution in [2.75, 3.05) is 0 Å². The van der Waals surface area contributed by atoms with E-state index >= 15 is 0 Å². The summed E-state index contributed by atoms with van der Waals surface area (Å²) < 4.78 is 1.86. The van der Waals surface area contributed by atoms with Crippen LogP contribution in [0.15, 0.2) is 24.1 Å². The third-order valence-electron chi connectivity index (χ3n) is 7.08. The number of nitrogens with zero attached hydrogens (tertiary/aromatic N) is 8. The van der Waals surface area contributed by atoms with E-state index in [-0.39, 0.29) is 11.0 Å². The molecule has 0 aliphatic heterocycles. The smallest absolute Gasteiger partial charge is 0.167 e. The van der Waals surface area contributed by atoms with Crippen molar-refractivity contribution in [2.45, 2.75) is 49.5 Å². The van der Waals surface area contributed by atoms with Crippen LogP contribution in [-0.4, -0.2) is 39.8 Å². The lowest BCUT2D eigenvalue weighted by atomic mass is 9.46. The van der Waals surface area contributed by atoms with Gasteiger partial charge in [-0.05, 0) is 67.0 Å². The van der Waals surface area contributed by atoms with Gasteiger partial charge in [0.1, 0.15) is 11.2 Å². The van der Waals surface area contributed by atoms with Crippen LogP contribution >= 0.6 is 11.3 Å². The molecular weight excluding hydrogens is 360 g/mol. The van der Waals surface area contributed by atoms with Crippen LogP contribution in [0.1, 0.15) is 44.3 Å². The first kappa shape index (κ1) is 14.6. The maximum Gasteiger partial charge on any atom is 0.167 e. The van der Waals surface area contributed by atoms with Crippen molar-refractivity contribution in [3.05, 3.63) is 29.9 Å². The van der Waals surface area contributed by atoms with E-state index in [0.717, 1.165) is 41.0 Å². The second-order valence-corrected chi connectivity index (χ2v) is 9.67. The van der Waals surface area contributed by atoms with E-state index in [1.54, 1.807) is 24.0 Å². The predicted molar refractivity (Wildman–Crippen MR) is 98.3 cm³/mol. The summed E-state index contributed by atoms with van der Waals surface area (Å²) in [6.45, 7) is 0. The van der Waals surface area contributed by atoms with E-state index in [1.807, 2.05) is 9.31 Å². The Hall–Kier alpha value is -2.42. The van der Waals surface area contributed by atoms with E-state index in [9.17, 15) is 0 Å². The molecule has 4 aliphatic carbocycles. The van der Waals surface area contributed by atoms with Gasteiger partial charge in [-0.25, -0.2) is 14.5 Å². The Balaban J connectivity index is 1.41. The van der Waals surface area contributed by atoms with Crippen LogP contribution in [0.5, 0.6) is 0 Å². The third-order valence-corrected chi connectivity index (χ3v) is 7.90. The fraction of sp³-hybridized carbons (Fsp3) is 0.556. The van der Waals surface area contributed by atoms with Crippen LogP contribution in [0.25, 0.3) is 15.9 Å². The molecule has 0 N–H and O–H groups in total. The highest BCUT2D eigenvalue weighted by Gasteiger charge is 2.61. The van der Waals surface area contributed by atoms with Gasteiger partial charge in [-0.1, -0.05) is 0 Å². The number of hydrogen-bond acceptors (Lipinski definition) is 7. The lowest BCUT2D eigenvalue weighted by Gasteiger charge is -2.60. The van der Waals surface area contributed by atoms with Crippen LogP contribution < -0.4 is 0 Å². The fourth-order valence-corrected chi connectivity index (χ4v) is 7.31. The maximum atomic E-state index is 5.07. The standard InChI is InChI=1S/C18H18N8S/c1-2-27-15-13(1)14-22-16(23-25(14)10-19-15)17-4-11-3-12(5-17)7-18(6-11,8-17)26-21-9-20-24-26/h1-2,9-12H,3-8H2. The molecule has 2 atom stereocenters. The van der Waals surface area contributed by atoms with E-state index < -0.39 is 0 Å². The molecule has 9 heteroatoms. The monoisotopic (exact) mass is 378 g/mol. The van der Waals surface area contributed by atoms with Crippen molar-refractivity contribution in [3.8, 4) is 0 Å². The van der Waals surface area contributed by atoms with Gasteiger partial charge in [0.05, 0.1) is 10.9 Å². The van der Waals surface area contributed by atoms with Crippen LogP contribution in [0, 0.1) is 11.8 Å². The largest absolute Gasteiger partial charge is 0.225 e. The van der Waals surface area contributed by atoms with Gasteiger partial charge in [0.25, 0.3) is 0 Å². The first-order valence-electron chi connectivity index (χ1n) is 9.56. The molecule has 0 saturated heterocycles. The predicted octanol–water partition coefficient (Wildman–Crippen LogP) is 2.57. The topological polar surface area (TPSA) is 86.7 Å². The molecule has 8 rings (SSSR count). The fourth-order valence-electron chi connectivity index (χ4n) is 6.58. The van der Waals surface area contributed by atoms with E-state index in [0.29, 0.717) is 11.8 Å². The summed E-state index contributed by atoms with van der Waals surface area (Å²) in [6.07, 6.45) is 10.4. The Morgan fingerprint density at radius 1 is 1.15 bits per heavy atom. The lowest BCUT2D eigenvalue weighted by Crippen LogP contribution is -2.59. The van der Waals surface area contributed by atoms with Gasteiger partial charge in [0.2, 0.25) is 0 Å². The van der Waals surface area contributed by atoms with E-state index in [4.69, 9.17) is 10.1 Å². The molecule has 4 fully saturated rings. The first-order chi connectivity index (χ1) is 13.2. The number of thiophene rings is 1. The summed E-state index contributed by atoms with van der Waals surface area (Å²) in [5, 5.41) is 20.8. The van der Waals surface area contributed by atoms with E-state index in [2.05, 4.69) is 31.8 Å². The van der Waals surface area contributed by atoms with Gasteiger partial charge >= 0.3 is 0 Å². The lowest BCUT2D eigenvalue weighted by molar-refractivity contribution is -0.0785. The van der Waals surface area contributed by atoms with Crippen molar-refractivity contribution in [1.82, 2.24) is 39.8 Å². The number of tetrazole rings is 1. The minimum Gasteiger partial charge on any atom is -0.225 e. The zero-order valence-corrected chi connectivity index (χ0v) is 15.5. The zero-order chi connectivity index (χ0) is 17.6. The van der Waals surface area contributed by atoms with Gasteiger partial charge in [0.15, 0.2) is 17.8 Å². The third kappa shape index (κ3) is 1.82. The van der Waals surface area contributed by atoms with Crippen molar-refractivity contribution >= 4 is 27.2 Å². The molecule has 2 unspecified atom stereocenters. The molecule has 0 spiro atoms. The van der Waals surface area contributed by atoms with Crippen LogP contribution in [-0.2, 0) is 11.0 Å². The van der Waals surface area contributed by atoms with Gasteiger partial charge in [0, 0.05) is 5.41 Å². The van der Waals surface area contributed by atoms with Gasteiger partial charge in [-0.15, -0.1) is 26.6 Å². The van der Waals surface area contributed by atoms with E-state index in [1.165, 1.54) is 19.3 Å². The summed E-state index contributed by atoms with van der Waals surface area (Å²) in [6, 6.07) is 2.10. The quantitative estimate of drug-likeness (QED) is 0.533. The van der Waals surface area contributed by atoms with Crippen molar-refractivity contribution in [3.63, 3.8) is 0 Å². The maximum absolute atomic E-state index is 5.07. The summed E-state index contributed by atoms with van der Waals surface area (Å²) in [5.41, 5.74) is 0.931. The van der Waals surface area contributed by atoms with Crippen molar-refractivity contribution < 1.29 is 0 Å². The highest BCUT2D eigenvalue weighted by Crippen LogP contribution is 2.63. The highest BCUT2D eigenvalue weighted by atomic mass is 32.1. The number of fused-ring (bicyclic) bond motifs is 3. The second kappa shape index (κ2) is 4.70. The summed E-state index contributed by atoms with van der Waals surface area (Å²) in [5.74, 6) is 2.38. The molecule has 0 amide bonds. The molecule has 4 heterocycles. The first-order valence-corrected chi connectivity index (χ1v) is 10.4. The van der Waals surface area contributed by atoms with Gasteiger partial charge in [-0.3, -0.25) is 0 Å². The summed E-state index contributed by atoms with van der Waals surface area (Å²) in [7, 11) is 0. The van der Waals surface area contributed by atoms with Crippen LogP contribution in [0.2, 0.25) is 0 Å². The van der Waals surface area contributed by atoms with Crippen LogP contribution in [0.3, 0.4) is 0 Å². The molecule has 136 valence electrons. The van der Waals surface area contributed by atoms with Crippen molar-refractivity contribution in [1.29, 1.82) is 0 Å². The van der Waals surface area contributed by atoms with Gasteiger partial charge in [-0.2, -0.15) is 4.80 Å². The molecule has 27 heavy (non-hydrogen) atoms. The molecule has 4 saturated carbocycles. The summed E-state index contributed by atoms with van der Waals surface area (Å²) >= 11 is 1.65. The Labute approximate surface area is 158 Å². The Bertz CT molecular complexity index is 1160. The normalized spacial score (nSPS) is 34.8. The van der Waals surface area contributed by atoms with Crippen molar-refractivity contribution in [2.24, 2.45) is 11.8 Å². The number of hydrogen-bond donors (Lipinski definition) is 0. The minimum absolute atomic E-state index is 0.0198. The minimum atomic E-state index is -0.0198. The number of rotatable bonds is 2. The molecule has 0 aromatic carbocycles. The molecule has 4 aromatic heterocycles. The average molecular weight is 378 g/mol. The molecule has 4 bridgehead atoms. The SMILES string of the molecule is c1nnn(C23CC4CC(CC(c5nc6c7ccsc7ncn6n5)(C4)C2)C3)n1. The Morgan fingerprint density at radius 3 is 2.85 bits per heavy atom. The number of aromatic nitrogens is 8. The molecule has 4 aliphatic rings. The second-order valence-electron chi connectivity index (χ2n) is 8.78.